The summed E-state index contributed by atoms with van der Waals surface area (Å²) in [5, 5.41) is 4.89. The third kappa shape index (κ3) is 5.10. The lowest BCUT2D eigenvalue weighted by Gasteiger charge is -2.08. The molecule has 120 valence electrons. The number of anilines is 1. The second kappa shape index (κ2) is 7.93. The lowest BCUT2D eigenvalue weighted by molar-refractivity contribution is -0.123. The predicted molar refractivity (Wildman–Crippen MR) is 84.7 cm³/mol. The van der Waals surface area contributed by atoms with Gasteiger partial charge in [0.15, 0.2) is 0 Å². The molecule has 0 atom stereocenters. The van der Waals surface area contributed by atoms with Gasteiger partial charge in [0.25, 0.3) is 0 Å². The Balaban J connectivity index is 1.79. The van der Waals surface area contributed by atoms with E-state index in [1.54, 1.807) is 37.4 Å². The number of carbonyl (C=O) groups excluding carboxylic acids is 2. The minimum Gasteiger partial charge on any atom is -0.497 e. The summed E-state index contributed by atoms with van der Waals surface area (Å²) in [6.45, 7) is -0.219. The molecule has 0 bridgehead atoms. The fourth-order valence-corrected chi connectivity index (χ4v) is 1.93. The Hall–Kier alpha value is -2.89. The molecular formula is C17H17FN2O3. The van der Waals surface area contributed by atoms with E-state index in [-0.39, 0.29) is 24.6 Å². The molecule has 2 aromatic rings. The highest BCUT2D eigenvalue weighted by atomic mass is 19.1. The van der Waals surface area contributed by atoms with E-state index in [9.17, 15) is 14.0 Å². The van der Waals surface area contributed by atoms with Gasteiger partial charge in [0, 0.05) is 0 Å². The number of carbonyl (C=O) groups is 2. The molecule has 0 saturated carbocycles. The molecule has 6 heteroatoms. The van der Waals surface area contributed by atoms with Gasteiger partial charge in [0.05, 0.1) is 25.8 Å². The molecule has 0 saturated heterocycles. The highest BCUT2D eigenvalue weighted by Gasteiger charge is 2.09. The van der Waals surface area contributed by atoms with Crippen molar-refractivity contribution in [2.75, 3.05) is 19.0 Å². The summed E-state index contributed by atoms with van der Waals surface area (Å²) in [7, 11) is 1.57. The first kappa shape index (κ1) is 16.5. The second-order valence-corrected chi connectivity index (χ2v) is 4.83. The van der Waals surface area contributed by atoms with Crippen LogP contribution in [0.15, 0.2) is 48.5 Å². The maximum atomic E-state index is 13.4. The molecule has 0 unspecified atom stereocenters. The highest BCUT2D eigenvalue weighted by molar-refractivity contribution is 5.94. The first-order valence-electron chi connectivity index (χ1n) is 7.02. The van der Waals surface area contributed by atoms with Crippen molar-refractivity contribution in [2.45, 2.75) is 6.42 Å². The largest absolute Gasteiger partial charge is 0.497 e. The van der Waals surface area contributed by atoms with E-state index in [1.807, 2.05) is 0 Å². The SMILES string of the molecule is COc1ccc(CC(=O)NCC(=O)Nc2ccccc2F)cc1. The Bertz CT molecular complexity index is 686. The van der Waals surface area contributed by atoms with E-state index >= 15 is 0 Å². The molecule has 2 aromatic carbocycles. The fourth-order valence-electron chi connectivity index (χ4n) is 1.93. The lowest BCUT2D eigenvalue weighted by Crippen LogP contribution is -2.33. The Morgan fingerprint density at radius 3 is 2.39 bits per heavy atom. The minimum absolute atomic E-state index is 0.0851. The standard InChI is InChI=1S/C17H17FN2O3/c1-23-13-8-6-12(7-9-13)10-16(21)19-11-17(22)20-15-5-3-2-4-14(15)18/h2-9H,10-11H2,1H3,(H,19,21)(H,20,22). The van der Waals surface area contributed by atoms with Gasteiger partial charge in [-0.1, -0.05) is 24.3 Å². The van der Waals surface area contributed by atoms with E-state index in [4.69, 9.17) is 4.74 Å². The van der Waals surface area contributed by atoms with Crippen LogP contribution in [0.25, 0.3) is 0 Å². The van der Waals surface area contributed by atoms with Crippen LogP contribution >= 0.6 is 0 Å². The van der Waals surface area contributed by atoms with Crippen LogP contribution in [-0.4, -0.2) is 25.5 Å². The highest BCUT2D eigenvalue weighted by Crippen LogP contribution is 2.12. The van der Waals surface area contributed by atoms with Gasteiger partial charge in [-0.25, -0.2) is 4.39 Å². The molecule has 0 aromatic heterocycles. The number of rotatable bonds is 6. The third-order valence-corrected chi connectivity index (χ3v) is 3.12. The summed E-state index contributed by atoms with van der Waals surface area (Å²) in [4.78, 5) is 23.5. The van der Waals surface area contributed by atoms with Crippen molar-refractivity contribution in [2.24, 2.45) is 0 Å². The van der Waals surface area contributed by atoms with Gasteiger partial charge in [-0.3, -0.25) is 9.59 Å². The quantitative estimate of drug-likeness (QED) is 0.858. The monoisotopic (exact) mass is 316 g/mol. The predicted octanol–water partition coefficient (Wildman–Crippen LogP) is 2.13. The van der Waals surface area contributed by atoms with Crippen molar-refractivity contribution in [3.8, 4) is 5.75 Å². The van der Waals surface area contributed by atoms with E-state index < -0.39 is 11.7 Å². The van der Waals surface area contributed by atoms with Gasteiger partial charge in [-0.05, 0) is 29.8 Å². The summed E-state index contributed by atoms with van der Waals surface area (Å²) < 4.78 is 18.4. The molecule has 2 rings (SSSR count). The van der Waals surface area contributed by atoms with Crippen molar-refractivity contribution in [3.05, 3.63) is 59.9 Å². The van der Waals surface area contributed by atoms with E-state index in [2.05, 4.69) is 10.6 Å². The van der Waals surface area contributed by atoms with Crippen LogP contribution in [0.2, 0.25) is 0 Å². The van der Waals surface area contributed by atoms with Crippen molar-refractivity contribution >= 4 is 17.5 Å². The summed E-state index contributed by atoms with van der Waals surface area (Å²) >= 11 is 0. The van der Waals surface area contributed by atoms with E-state index in [1.165, 1.54) is 18.2 Å². The number of amides is 2. The zero-order valence-corrected chi connectivity index (χ0v) is 12.6. The topological polar surface area (TPSA) is 67.4 Å². The lowest BCUT2D eigenvalue weighted by atomic mass is 10.1. The molecule has 0 fully saturated rings. The molecule has 0 aliphatic carbocycles. The number of halogens is 1. The summed E-state index contributed by atoms with van der Waals surface area (Å²) in [5.41, 5.74) is 0.889. The van der Waals surface area contributed by atoms with Crippen molar-refractivity contribution in [1.29, 1.82) is 0 Å². The first-order valence-corrected chi connectivity index (χ1v) is 7.02. The van der Waals surface area contributed by atoms with Crippen LogP contribution in [0, 0.1) is 5.82 Å². The van der Waals surface area contributed by atoms with Crippen LogP contribution in [-0.2, 0) is 16.0 Å². The molecule has 0 aliphatic rings. The Labute approximate surface area is 133 Å². The Kier molecular flexibility index (Phi) is 5.68. The maximum Gasteiger partial charge on any atom is 0.243 e. The molecular weight excluding hydrogens is 299 g/mol. The van der Waals surface area contributed by atoms with Crippen LogP contribution in [0.1, 0.15) is 5.56 Å². The first-order chi connectivity index (χ1) is 11.1. The molecule has 23 heavy (non-hydrogen) atoms. The van der Waals surface area contributed by atoms with E-state index in [0.717, 1.165) is 5.56 Å². The number of benzene rings is 2. The van der Waals surface area contributed by atoms with Gasteiger partial charge in [-0.15, -0.1) is 0 Å². The number of ether oxygens (including phenoxy) is 1. The maximum absolute atomic E-state index is 13.4. The third-order valence-electron chi connectivity index (χ3n) is 3.12. The molecule has 0 heterocycles. The molecule has 0 aliphatic heterocycles. The average molecular weight is 316 g/mol. The van der Waals surface area contributed by atoms with Gasteiger partial charge >= 0.3 is 0 Å². The van der Waals surface area contributed by atoms with Gasteiger partial charge < -0.3 is 15.4 Å². The number of hydrogen-bond acceptors (Lipinski definition) is 3. The normalized spacial score (nSPS) is 10.0. The van der Waals surface area contributed by atoms with Gasteiger partial charge in [0.1, 0.15) is 11.6 Å². The van der Waals surface area contributed by atoms with Crippen molar-refractivity contribution in [3.63, 3.8) is 0 Å². The van der Waals surface area contributed by atoms with Gasteiger partial charge in [0.2, 0.25) is 11.8 Å². The summed E-state index contributed by atoms with van der Waals surface area (Å²) in [5.74, 6) is -0.596. The van der Waals surface area contributed by atoms with Crippen LogP contribution in [0.5, 0.6) is 5.75 Å². The Morgan fingerprint density at radius 1 is 1.04 bits per heavy atom. The minimum atomic E-state index is -0.523. The van der Waals surface area contributed by atoms with Crippen molar-refractivity contribution < 1.29 is 18.7 Å². The molecule has 2 amide bonds. The second-order valence-electron chi connectivity index (χ2n) is 4.83. The van der Waals surface area contributed by atoms with Gasteiger partial charge in [-0.2, -0.15) is 0 Å². The fraction of sp³-hybridized carbons (Fsp3) is 0.176. The van der Waals surface area contributed by atoms with Crippen molar-refractivity contribution in [1.82, 2.24) is 5.32 Å². The summed E-state index contributed by atoms with van der Waals surface area (Å²) in [6.07, 6.45) is 0.150. The Morgan fingerprint density at radius 2 is 1.74 bits per heavy atom. The molecule has 0 radical (unpaired) electrons. The zero-order chi connectivity index (χ0) is 16.7. The summed E-state index contributed by atoms with van der Waals surface area (Å²) in [6, 6.07) is 12.9. The smallest absolute Gasteiger partial charge is 0.243 e. The van der Waals surface area contributed by atoms with Crippen LogP contribution < -0.4 is 15.4 Å². The number of methoxy groups -OCH3 is 1. The van der Waals surface area contributed by atoms with Crippen LogP contribution in [0.3, 0.4) is 0 Å². The average Bonchev–Trinajstić information content (AvgIpc) is 2.56. The molecule has 0 spiro atoms. The molecule has 5 nitrogen and oxygen atoms in total. The number of hydrogen-bond donors (Lipinski definition) is 2. The van der Waals surface area contributed by atoms with E-state index in [0.29, 0.717) is 5.75 Å². The van der Waals surface area contributed by atoms with Crippen LogP contribution in [0.4, 0.5) is 10.1 Å². The zero-order valence-electron chi connectivity index (χ0n) is 12.6. The number of nitrogens with one attached hydrogen (secondary N) is 2. The number of para-hydroxylation sites is 1. The molecule has 2 N–H and O–H groups in total.